The Kier molecular flexibility index (Phi) is 4.31. The van der Waals surface area contributed by atoms with Gasteiger partial charge in [-0.1, -0.05) is 11.6 Å². The number of hydrogen-bond acceptors (Lipinski definition) is 5. The van der Waals surface area contributed by atoms with Crippen molar-refractivity contribution in [2.45, 2.75) is 10.6 Å². The van der Waals surface area contributed by atoms with E-state index in [1.165, 1.54) is 6.26 Å². The summed E-state index contributed by atoms with van der Waals surface area (Å²) in [6.07, 6.45) is 1.51. The highest BCUT2D eigenvalue weighted by Gasteiger charge is 2.20. The molecule has 0 saturated heterocycles. The topological polar surface area (TPSA) is 93.6 Å². The van der Waals surface area contributed by atoms with E-state index in [0.717, 1.165) is 23.9 Å². The number of carboxylic acids is 1. The summed E-state index contributed by atoms with van der Waals surface area (Å²) in [5, 5.41) is 19.9. The van der Waals surface area contributed by atoms with Crippen LogP contribution in [0.3, 0.4) is 0 Å². The van der Waals surface area contributed by atoms with Gasteiger partial charge in [-0.05, 0) is 12.1 Å². The zero-order chi connectivity index (χ0) is 14.7. The highest BCUT2D eigenvalue weighted by molar-refractivity contribution is 7.98. The molecule has 0 aliphatic heterocycles. The number of nitrogens with zero attached hydrogens (tertiary/aromatic N) is 1. The van der Waals surface area contributed by atoms with Crippen molar-refractivity contribution in [2.24, 2.45) is 0 Å². The second-order valence-electron chi connectivity index (χ2n) is 3.73. The lowest BCUT2D eigenvalue weighted by molar-refractivity contribution is -0.384. The summed E-state index contributed by atoms with van der Waals surface area (Å²) in [5.41, 5.74) is -0.546. The van der Waals surface area contributed by atoms with Gasteiger partial charge in [-0.25, -0.2) is 4.79 Å². The molecular weight excluding hydrogens is 306 g/mol. The van der Waals surface area contributed by atoms with E-state index in [9.17, 15) is 14.9 Å². The molecule has 0 saturated carbocycles. The average molecular weight is 314 g/mol. The van der Waals surface area contributed by atoms with Crippen LogP contribution in [-0.2, 0) is 5.75 Å². The van der Waals surface area contributed by atoms with E-state index in [4.69, 9.17) is 21.1 Å². The molecule has 1 N–H and O–H groups in total. The van der Waals surface area contributed by atoms with Crippen molar-refractivity contribution in [2.75, 3.05) is 0 Å². The fraction of sp³-hybridized carbons (Fsp3) is 0.0833. The van der Waals surface area contributed by atoms with Crippen LogP contribution in [-0.4, -0.2) is 16.0 Å². The first-order valence-corrected chi connectivity index (χ1v) is 6.72. The first-order valence-electron chi connectivity index (χ1n) is 5.35. The molecule has 20 heavy (non-hydrogen) atoms. The quantitative estimate of drug-likeness (QED) is 0.512. The summed E-state index contributed by atoms with van der Waals surface area (Å²) < 4.78 is 5.14. The highest BCUT2D eigenvalue weighted by Crippen LogP contribution is 2.36. The van der Waals surface area contributed by atoms with Crippen LogP contribution in [0.2, 0.25) is 5.02 Å². The fourth-order valence-electron chi connectivity index (χ4n) is 1.53. The lowest BCUT2D eigenvalue weighted by Crippen LogP contribution is -2.01. The Labute approximate surface area is 122 Å². The largest absolute Gasteiger partial charge is 0.478 e. The van der Waals surface area contributed by atoms with Gasteiger partial charge in [-0.3, -0.25) is 10.1 Å². The van der Waals surface area contributed by atoms with E-state index < -0.39 is 10.9 Å². The maximum absolute atomic E-state index is 11.2. The number of nitro benzene ring substituents is 1. The zero-order valence-electron chi connectivity index (χ0n) is 9.91. The number of hydrogen-bond donors (Lipinski definition) is 1. The molecule has 8 heteroatoms. The lowest BCUT2D eigenvalue weighted by Gasteiger charge is -2.07. The fourth-order valence-corrected chi connectivity index (χ4v) is 2.85. The summed E-state index contributed by atoms with van der Waals surface area (Å²) in [5.74, 6) is -0.233. The molecule has 104 valence electrons. The van der Waals surface area contributed by atoms with Crippen LogP contribution in [0.15, 0.2) is 39.8 Å². The standard InChI is InChI=1S/C12H8ClNO5S/c13-10-5-7(14(17)18)4-9(12(15)16)11(10)20-6-8-2-1-3-19-8/h1-5H,6H2,(H,15,16). The van der Waals surface area contributed by atoms with E-state index in [1.807, 2.05) is 0 Å². The van der Waals surface area contributed by atoms with E-state index in [-0.39, 0.29) is 21.2 Å². The van der Waals surface area contributed by atoms with Crippen molar-refractivity contribution >= 4 is 35.0 Å². The molecule has 0 unspecified atom stereocenters. The van der Waals surface area contributed by atoms with Crippen LogP contribution in [0.1, 0.15) is 16.1 Å². The molecule has 2 rings (SSSR count). The number of carboxylic acid groups (broad SMARTS) is 1. The van der Waals surface area contributed by atoms with E-state index in [0.29, 0.717) is 11.5 Å². The van der Waals surface area contributed by atoms with Crippen molar-refractivity contribution in [3.05, 3.63) is 57.0 Å². The minimum atomic E-state index is -1.27. The van der Waals surface area contributed by atoms with Gasteiger partial charge in [-0.15, -0.1) is 11.8 Å². The number of rotatable bonds is 5. The molecule has 0 radical (unpaired) electrons. The summed E-state index contributed by atoms with van der Waals surface area (Å²) in [6, 6.07) is 5.59. The SMILES string of the molecule is O=C(O)c1cc([N+](=O)[O-])cc(Cl)c1SCc1ccco1. The Morgan fingerprint density at radius 2 is 2.25 bits per heavy atom. The van der Waals surface area contributed by atoms with Crippen LogP contribution in [0.5, 0.6) is 0 Å². The molecule has 0 amide bonds. The Bertz CT molecular complexity index is 656. The van der Waals surface area contributed by atoms with Gasteiger partial charge >= 0.3 is 5.97 Å². The minimum Gasteiger partial charge on any atom is -0.478 e. The summed E-state index contributed by atoms with van der Waals surface area (Å²) in [7, 11) is 0. The van der Waals surface area contributed by atoms with Crippen molar-refractivity contribution in [1.29, 1.82) is 0 Å². The molecule has 0 spiro atoms. The number of thioether (sulfide) groups is 1. The maximum Gasteiger partial charge on any atom is 0.337 e. The van der Waals surface area contributed by atoms with Gasteiger partial charge in [0.1, 0.15) is 5.76 Å². The third-order valence-corrected chi connectivity index (χ3v) is 3.98. The predicted molar refractivity (Wildman–Crippen MR) is 73.3 cm³/mol. The van der Waals surface area contributed by atoms with Crippen LogP contribution in [0, 0.1) is 10.1 Å². The van der Waals surface area contributed by atoms with Crippen LogP contribution < -0.4 is 0 Å². The number of carbonyl (C=O) groups is 1. The number of aromatic carboxylic acids is 1. The number of halogens is 1. The number of non-ortho nitro benzene ring substituents is 1. The van der Waals surface area contributed by atoms with Crippen LogP contribution in [0.4, 0.5) is 5.69 Å². The van der Waals surface area contributed by atoms with Crippen LogP contribution in [0.25, 0.3) is 0 Å². The first-order chi connectivity index (χ1) is 9.49. The third kappa shape index (κ3) is 3.12. The average Bonchev–Trinajstić information content (AvgIpc) is 2.89. The van der Waals surface area contributed by atoms with Gasteiger partial charge in [0.05, 0.1) is 27.5 Å². The third-order valence-electron chi connectivity index (χ3n) is 2.41. The zero-order valence-corrected chi connectivity index (χ0v) is 11.5. The Morgan fingerprint density at radius 1 is 1.50 bits per heavy atom. The second-order valence-corrected chi connectivity index (χ2v) is 5.13. The van der Waals surface area contributed by atoms with Crippen LogP contribution >= 0.6 is 23.4 Å². The minimum absolute atomic E-state index is 0.0353. The normalized spacial score (nSPS) is 10.4. The molecular formula is C12H8ClNO5S. The monoisotopic (exact) mass is 313 g/mol. The molecule has 1 aromatic carbocycles. The van der Waals surface area contributed by atoms with E-state index in [1.54, 1.807) is 12.1 Å². The van der Waals surface area contributed by atoms with Crippen molar-refractivity contribution < 1.29 is 19.2 Å². The second kappa shape index (κ2) is 5.98. The molecule has 1 aromatic heterocycles. The lowest BCUT2D eigenvalue weighted by atomic mass is 10.2. The van der Waals surface area contributed by atoms with Gasteiger partial charge in [0.2, 0.25) is 0 Å². The Morgan fingerprint density at radius 3 is 2.80 bits per heavy atom. The molecule has 0 fully saturated rings. The van der Waals surface area contributed by atoms with Gasteiger partial charge in [0.25, 0.3) is 5.69 Å². The van der Waals surface area contributed by atoms with Gasteiger partial charge in [-0.2, -0.15) is 0 Å². The number of nitro groups is 1. The molecule has 0 aliphatic carbocycles. The molecule has 2 aromatic rings. The van der Waals surface area contributed by atoms with Crippen molar-refractivity contribution in [3.63, 3.8) is 0 Å². The highest BCUT2D eigenvalue weighted by atomic mass is 35.5. The number of benzene rings is 1. The van der Waals surface area contributed by atoms with Gasteiger partial charge in [0.15, 0.2) is 0 Å². The Balaban J connectivity index is 2.35. The van der Waals surface area contributed by atoms with Crippen molar-refractivity contribution in [3.8, 4) is 0 Å². The van der Waals surface area contributed by atoms with E-state index in [2.05, 4.69) is 0 Å². The Hall–Kier alpha value is -1.99. The van der Waals surface area contributed by atoms with E-state index >= 15 is 0 Å². The molecule has 0 aliphatic rings. The first kappa shape index (κ1) is 14.4. The predicted octanol–water partition coefficient (Wildman–Crippen LogP) is 3.83. The van der Waals surface area contributed by atoms with Gasteiger partial charge < -0.3 is 9.52 Å². The van der Waals surface area contributed by atoms with Gasteiger partial charge in [0, 0.05) is 17.0 Å². The molecule has 1 heterocycles. The summed E-state index contributed by atoms with van der Waals surface area (Å²) in [6.45, 7) is 0. The van der Waals surface area contributed by atoms with Crippen molar-refractivity contribution in [1.82, 2.24) is 0 Å². The molecule has 0 bridgehead atoms. The molecule has 6 nitrogen and oxygen atoms in total. The smallest absolute Gasteiger partial charge is 0.337 e. The number of furan rings is 1. The molecule has 0 atom stereocenters. The maximum atomic E-state index is 11.2. The summed E-state index contributed by atoms with van der Waals surface area (Å²) in [4.78, 5) is 21.5. The summed E-state index contributed by atoms with van der Waals surface area (Å²) >= 11 is 7.09.